The van der Waals surface area contributed by atoms with Gasteiger partial charge in [-0.3, -0.25) is 9.69 Å². The molecule has 1 aromatic rings. The van der Waals surface area contributed by atoms with E-state index < -0.39 is 5.97 Å². The van der Waals surface area contributed by atoms with Crippen molar-refractivity contribution >= 4 is 5.97 Å². The zero-order valence-corrected chi connectivity index (χ0v) is 11.2. The van der Waals surface area contributed by atoms with Crippen molar-refractivity contribution in [1.82, 2.24) is 4.90 Å². The summed E-state index contributed by atoms with van der Waals surface area (Å²) < 4.78 is 5.18. The molecule has 0 aromatic heterocycles. The minimum Gasteiger partial charge on any atom is -0.497 e. The van der Waals surface area contributed by atoms with Crippen LogP contribution in [0.15, 0.2) is 24.3 Å². The first-order valence-electron chi connectivity index (χ1n) is 6.15. The third kappa shape index (κ3) is 4.37. The first-order chi connectivity index (χ1) is 8.56. The van der Waals surface area contributed by atoms with Gasteiger partial charge in [0.2, 0.25) is 0 Å². The Kier molecular flexibility index (Phi) is 5.65. The largest absolute Gasteiger partial charge is 0.497 e. The van der Waals surface area contributed by atoms with Gasteiger partial charge in [-0.05, 0) is 31.2 Å². The lowest BCUT2D eigenvalue weighted by molar-refractivity contribution is -0.138. The van der Waals surface area contributed by atoms with Crippen molar-refractivity contribution in [1.29, 1.82) is 0 Å². The molecule has 1 rings (SSSR count). The maximum atomic E-state index is 10.7. The molecule has 0 radical (unpaired) electrons. The predicted octanol–water partition coefficient (Wildman–Crippen LogP) is 2.38. The van der Waals surface area contributed by atoms with Crippen LogP contribution in [-0.2, 0) is 11.3 Å². The number of benzene rings is 1. The number of hydrogen-bond donors (Lipinski definition) is 1. The van der Waals surface area contributed by atoms with Crippen LogP contribution in [-0.4, -0.2) is 35.7 Å². The summed E-state index contributed by atoms with van der Waals surface area (Å²) in [5.74, 6) is 0.0704. The molecule has 0 bridgehead atoms. The number of aliphatic carboxylic acids is 1. The van der Waals surface area contributed by atoms with Gasteiger partial charge in [-0.25, -0.2) is 0 Å². The van der Waals surface area contributed by atoms with E-state index in [9.17, 15) is 4.79 Å². The zero-order valence-electron chi connectivity index (χ0n) is 11.2. The third-order valence-electron chi connectivity index (χ3n) is 3.02. The number of hydrogen-bond acceptors (Lipinski definition) is 3. The molecule has 1 atom stereocenters. The minimum absolute atomic E-state index is 0.0266. The van der Waals surface area contributed by atoms with Gasteiger partial charge in [0.1, 0.15) is 5.75 Å². The Bertz CT molecular complexity index is 392. The number of carbonyl (C=O) groups is 1. The SMILES string of the molecule is CCN(Cc1cccc(OC)c1)C(C)CC(=O)O. The van der Waals surface area contributed by atoms with Crippen LogP contribution in [0.3, 0.4) is 0 Å². The lowest BCUT2D eigenvalue weighted by atomic mass is 10.1. The van der Waals surface area contributed by atoms with Crippen molar-refractivity contribution in [2.45, 2.75) is 32.9 Å². The zero-order chi connectivity index (χ0) is 13.5. The molecule has 1 aromatic carbocycles. The Morgan fingerprint density at radius 3 is 2.78 bits per heavy atom. The number of carboxylic acids is 1. The fourth-order valence-corrected chi connectivity index (χ4v) is 1.97. The summed E-state index contributed by atoms with van der Waals surface area (Å²) in [4.78, 5) is 12.9. The second-order valence-corrected chi connectivity index (χ2v) is 4.36. The monoisotopic (exact) mass is 251 g/mol. The van der Waals surface area contributed by atoms with E-state index in [0.717, 1.165) is 24.4 Å². The summed E-state index contributed by atoms with van der Waals surface area (Å²) in [6.07, 6.45) is 0.164. The second-order valence-electron chi connectivity index (χ2n) is 4.36. The van der Waals surface area contributed by atoms with Crippen LogP contribution in [0.25, 0.3) is 0 Å². The van der Waals surface area contributed by atoms with Gasteiger partial charge < -0.3 is 9.84 Å². The molecule has 0 fully saturated rings. The molecule has 100 valence electrons. The van der Waals surface area contributed by atoms with Gasteiger partial charge in [0.25, 0.3) is 0 Å². The number of carboxylic acid groups (broad SMARTS) is 1. The predicted molar refractivity (Wildman–Crippen MR) is 70.8 cm³/mol. The van der Waals surface area contributed by atoms with Gasteiger partial charge in [0.05, 0.1) is 13.5 Å². The molecular formula is C14H21NO3. The van der Waals surface area contributed by atoms with Crippen molar-refractivity contribution in [2.24, 2.45) is 0 Å². The summed E-state index contributed by atoms with van der Waals surface area (Å²) in [6, 6.07) is 7.89. The van der Waals surface area contributed by atoms with E-state index in [-0.39, 0.29) is 12.5 Å². The Morgan fingerprint density at radius 1 is 1.50 bits per heavy atom. The molecule has 0 spiro atoms. The Labute approximate surface area is 108 Å². The molecular weight excluding hydrogens is 230 g/mol. The third-order valence-corrected chi connectivity index (χ3v) is 3.02. The van der Waals surface area contributed by atoms with Gasteiger partial charge in [0.15, 0.2) is 0 Å². The van der Waals surface area contributed by atoms with Gasteiger partial charge in [-0.2, -0.15) is 0 Å². The van der Waals surface area contributed by atoms with Crippen LogP contribution in [0.1, 0.15) is 25.8 Å². The molecule has 18 heavy (non-hydrogen) atoms. The molecule has 0 aliphatic heterocycles. The van der Waals surface area contributed by atoms with Crippen LogP contribution < -0.4 is 4.74 Å². The highest BCUT2D eigenvalue weighted by molar-refractivity contribution is 5.67. The van der Waals surface area contributed by atoms with Gasteiger partial charge in [-0.15, -0.1) is 0 Å². The van der Waals surface area contributed by atoms with Crippen LogP contribution in [0, 0.1) is 0 Å². The Morgan fingerprint density at radius 2 is 2.22 bits per heavy atom. The molecule has 0 heterocycles. The van der Waals surface area contributed by atoms with E-state index in [2.05, 4.69) is 4.90 Å². The summed E-state index contributed by atoms with van der Waals surface area (Å²) >= 11 is 0. The van der Waals surface area contributed by atoms with Crippen LogP contribution in [0.2, 0.25) is 0 Å². The fourth-order valence-electron chi connectivity index (χ4n) is 1.97. The molecule has 1 unspecified atom stereocenters. The normalized spacial score (nSPS) is 12.4. The summed E-state index contributed by atoms with van der Waals surface area (Å²) in [5, 5.41) is 8.83. The van der Waals surface area contributed by atoms with E-state index in [1.165, 1.54) is 0 Å². The summed E-state index contributed by atoms with van der Waals surface area (Å²) in [7, 11) is 1.64. The van der Waals surface area contributed by atoms with Gasteiger partial charge >= 0.3 is 5.97 Å². The molecule has 4 nitrogen and oxygen atoms in total. The lowest BCUT2D eigenvalue weighted by Crippen LogP contribution is -2.34. The standard InChI is InChI=1S/C14H21NO3/c1-4-15(11(2)8-14(16)17)10-12-6-5-7-13(9-12)18-3/h5-7,9,11H,4,8,10H2,1-3H3,(H,16,17). The molecule has 1 N–H and O–H groups in total. The highest BCUT2D eigenvalue weighted by atomic mass is 16.5. The second kappa shape index (κ2) is 7.01. The van der Waals surface area contributed by atoms with Crippen molar-refractivity contribution in [2.75, 3.05) is 13.7 Å². The van der Waals surface area contributed by atoms with Gasteiger partial charge in [0, 0.05) is 12.6 Å². The summed E-state index contributed by atoms with van der Waals surface area (Å²) in [5.41, 5.74) is 1.13. The van der Waals surface area contributed by atoms with E-state index in [1.54, 1.807) is 7.11 Å². The quantitative estimate of drug-likeness (QED) is 0.808. The number of nitrogens with zero attached hydrogens (tertiary/aromatic N) is 1. The van der Waals surface area contributed by atoms with Crippen LogP contribution in [0.4, 0.5) is 0 Å². The Hall–Kier alpha value is -1.55. The maximum absolute atomic E-state index is 10.7. The average molecular weight is 251 g/mol. The average Bonchev–Trinajstić information content (AvgIpc) is 2.35. The fraction of sp³-hybridized carbons (Fsp3) is 0.500. The molecule has 0 saturated heterocycles. The van der Waals surface area contributed by atoms with E-state index >= 15 is 0 Å². The van der Waals surface area contributed by atoms with Gasteiger partial charge in [-0.1, -0.05) is 19.1 Å². The minimum atomic E-state index is -0.758. The Balaban J connectivity index is 2.69. The van der Waals surface area contributed by atoms with Crippen LogP contribution >= 0.6 is 0 Å². The summed E-state index contributed by atoms with van der Waals surface area (Å²) in [6.45, 7) is 5.55. The number of rotatable bonds is 7. The van der Waals surface area contributed by atoms with Crippen molar-refractivity contribution < 1.29 is 14.6 Å². The molecule has 0 saturated carbocycles. The molecule has 4 heteroatoms. The van der Waals surface area contributed by atoms with E-state index in [4.69, 9.17) is 9.84 Å². The first kappa shape index (κ1) is 14.5. The highest BCUT2D eigenvalue weighted by Crippen LogP contribution is 2.16. The highest BCUT2D eigenvalue weighted by Gasteiger charge is 2.15. The smallest absolute Gasteiger partial charge is 0.304 e. The van der Waals surface area contributed by atoms with Crippen molar-refractivity contribution in [3.63, 3.8) is 0 Å². The molecule has 0 aliphatic rings. The van der Waals surface area contributed by atoms with Crippen LogP contribution in [0.5, 0.6) is 5.75 Å². The molecule has 0 aliphatic carbocycles. The van der Waals surface area contributed by atoms with E-state index in [0.29, 0.717) is 0 Å². The van der Waals surface area contributed by atoms with Crippen molar-refractivity contribution in [3.8, 4) is 5.75 Å². The molecule has 0 amide bonds. The maximum Gasteiger partial charge on any atom is 0.304 e. The number of ether oxygens (including phenoxy) is 1. The lowest BCUT2D eigenvalue weighted by Gasteiger charge is -2.26. The first-order valence-corrected chi connectivity index (χ1v) is 6.15. The topological polar surface area (TPSA) is 49.8 Å². The van der Waals surface area contributed by atoms with Crippen molar-refractivity contribution in [3.05, 3.63) is 29.8 Å². The number of methoxy groups -OCH3 is 1. The van der Waals surface area contributed by atoms with E-state index in [1.807, 2.05) is 38.1 Å².